The molecule has 1 spiro atoms. The van der Waals surface area contributed by atoms with Crippen molar-refractivity contribution >= 4 is 21.8 Å². The minimum absolute atomic E-state index is 0.0743. The van der Waals surface area contributed by atoms with Gasteiger partial charge in [-0.05, 0) is 38.0 Å². The Morgan fingerprint density at radius 1 is 1.41 bits per heavy atom. The van der Waals surface area contributed by atoms with E-state index in [1.54, 1.807) is 30.5 Å². The van der Waals surface area contributed by atoms with Crippen LogP contribution in [-0.2, 0) is 21.4 Å². The number of aromatic nitrogens is 1. The minimum Gasteiger partial charge on any atom is -0.373 e. The summed E-state index contributed by atoms with van der Waals surface area (Å²) in [4.78, 5) is 3.99. The molecule has 2 saturated heterocycles. The summed E-state index contributed by atoms with van der Waals surface area (Å²) in [6.07, 6.45) is 4.68. The summed E-state index contributed by atoms with van der Waals surface area (Å²) < 4.78 is 31.9. The second-order valence-electron chi connectivity index (χ2n) is 6.35. The van der Waals surface area contributed by atoms with Crippen LogP contribution >= 0.6 is 11.8 Å². The summed E-state index contributed by atoms with van der Waals surface area (Å²) in [5.74, 6) is 0.945. The van der Waals surface area contributed by atoms with Crippen LogP contribution in [0.3, 0.4) is 0 Å². The van der Waals surface area contributed by atoms with E-state index in [1.807, 2.05) is 23.9 Å². The summed E-state index contributed by atoms with van der Waals surface area (Å²) in [5, 5.41) is -0.338. The molecule has 122 valence electrons. The molecule has 1 aromatic heterocycles. The van der Waals surface area contributed by atoms with Crippen LogP contribution in [0.2, 0.25) is 0 Å². The lowest BCUT2D eigenvalue weighted by atomic mass is 9.95. The van der Waals surface area contributed by atoms with Crippen molar-refractivity contribution in [2.24, 2.45) is 0 Å². The number of hydrogen-bond acceptors (Lipinski definition) is 5. The molecule has 0 unspecified atom stereocenters. The fourth-order valence-electron chi connectivity index (χ4n) is 2.90. The first-order valence-corrected chi connectivity index (χ1v) is 10.0. The van der Waals surface area contributed by atoms with E-state index in [2.05, 4.69) is 4.98 Å². The van der Waals surface area contributed by atoms with Crippen molar-refractivity contribution in [1.82, 2.24) is 9.29 Å². The third-order valence-corrected chi connectivity index (χ3v) is 8.04. The van der Waals surface area contributed by atoms with E-state index < -0.39 is 10.0 Å². The number of nitrogens with zero attached hydrogens (tertiary/aromatic N) is 2. The number of sulfonamides is 1. The summed E-state index contributed by atoms with van der Waals surface area (Å²) in [7, 11) is -3.10. The van der Waals surface area contributed by atoms with Crippen LogP contribution in [0, 0.1) is 0 Å². The zero-order valence-corrected chi connectivity index (χ0v) is 14.6. The van der Waals surface area contributed by atoms with Crippen LogP contribution in [0.5, 0.6) is 0 Å². The van der Waals surface area contributed by atoms with Crippen LogP contribution in [0.15, 0.2) is 24.5 Å². The Hall–Kier alpha value is -0.630. The molecular formula is C15H22N2O3S2. The predicted molar refractivity (Wildman–Crippen MR) is 88.2 cm³/mol. The highest BCUT2D eigenvalue weighted by Gasteiger charge is 2.53. The molecule has 0 radical (unpaired) electrons. The highest BCUT2D eigenvalue weighted by atomic mass is 32.2. The van der Waals surface area contributed by atoms with Gasteiger partial charge in [0.15, 0.2) is 0 Å². The van der Waals surface area contributed by atoms with Gasteiger partial charge in [-0.2, -0.15) is 4.31 Å². The zero-order chi connectivity index (χ0) is 15.8. The quantitative estimate of drug-likeness (QED) is 0.818. The highest BCUT2D eigenvalue weighted by molar-refractivity contribution is 8.01. The molecule has 3 rings (SSSR count). The minimum atomic E-state index is -3.10. The number of hydrogen-bond donors (Lipinski definition) is 0. The number of ether oxygens (including phenoxy) is 1. The topological polar surface area (TPSA) is 59.5 Å². The van der Waals surface area contributed by atoms with Gasteiger partial charge in [-0.25, -0.2) is 8.42 Å². The van der Waals surface area contributed by atoms with E-state index in [0.717, 1.165) is 17.7 Å². The Balaban J connectivity index is 1.50. The smallest absolute Gasteiger partial charge is 0.216 e. The molecule has 1 aromatic rings. The monoisotopic (exact) mass is 342 g/mol. The zero-order valence-electron chi connectivity index (χ0n) is 12.9. The number of thioether (sulfide) groups is 1. The van der Waals surface area contributed by atoms with Crippen LogP contribution < -0.4 is 0 Å². The molecule has 1 atom stereocenters. The first-order chi connectivity index (χ1) is 10.4. The molecule has 2 aliphatic heterocycles. The molecular weight excluding hydrogens is 320 g/mol. The molecule has 0 aliphatic carbocycles. The van der Waals surface area contributed by atoms with Crippen LogP contribution in [-0.4, -0.2) is 52.7 Å². The maximum Gasteiger partial charge on any atom is 0.216 e. The van der Waals surface area contributed by atoms with Gasteiger partial charge >= 0.3 is 0 Å². The summed E-state index contributed by atoms with van der Waals surface area (Å²) in [6.45, 7) is 5.34. The van der Waals surface area contributed by atoms with Gasteiger partial charge in [-0.3, -0.25) is 4.98 Å². The Kier molecular flexibility index (Phi) is 4.51. The summed E-state index contributed by atoms with van der Waals surface area (Å²) >= 11 is 1.86. The first-order valence-electron chi connectivity index (χ1n) is 7.55. The molecule has 0 amide bonds. The molecule has 5 nitrogen and oxygen atoms in total. The molecule has 0 N–H and O–H groups in total. The van der Waals surface area contributed by atoms with E-state index in [-0.39, 0.29) is 16.1 Å². The van der Waals surface area contributed by atoms with Crippen molar-refractivity contribution in [1.29, 1.82) is 0 Å². The standard InChI is InChI=1S/C15H22N2O3S2/c1-12(2)22(18,19)17-10-15(11-17)7-14(9-21-15)20-8-13-3-5-16-6-4-13/h3-6,12,14H,7-11H2,1-2H3/t14-/m1/s1. The maximum absolute atomic E-state index is 12.1. The fourth-order valence-corrected chi connectivity index (χ4v) is 6.06. The first kappa shape index (κ1) is 16.2. The molecule has 0 bridgehead atoms. The van der Waals surface area contributed by atoms with Gasteiger partial charge in [-0.1, -0.05) is 0 Å². The van der Waals surface area contributed by atoms with Crippen molar-refractivity contribution in [3.05, 3.63) is 30.1 Å². The van der Waals surface area contributed by atoms with Gasteiger partial charge in [0.25, 0.3) is 0 Å². The van der Waals surface area contributed by atoms with Crippen LogP contribution in [0.25, 0.3) is 0 Å². The normalized spacial score (nSPS) is 24.8. The van der Waals surface area contributed by atoms with Gasteiger partial charge in [-0.15, -0.1) is 11.8 Å². The fraction of sp³-hybridized carbons (Fsp3) is 0.667. The van der Waals surface area contributed by atoms with E-state index in [9.17, 15) is 8.42 Å². The van der Waals surface area contributed by atoms with Gasteiger partial charge in [0.1, 0.15) is 0 Å². The molecule has 3 heterocycles. The van der Waals surface area contributed by atoms with E-state index in [4.69, 9.17) is 4.74 Å². The van der Waals surface area contributed by atoms with Crippen molar-refractivity contribution in [3.8, 4) is 0 Å². The summed E-state index contributed by atoms with van der Waals surface area (Å²) in [6, 6.07) is 3.91. The van der Waals surface area contributed by atoms with E-state index >= 15 is 0 Å². The maximum atomic E-state index is 12.1. The number of rotatable bonds is 5. The molecule has 2 aliphatic rings. The van der Waals surface area contributed by atoms with Crippen molar-refractivity contribution in [3.63, 3.8) is 0 Å². The van der Waals surface area contributed by atoms with Gasteiger partial charge in [0, 0.05) is 36.0 Å². The van der Waals surface area contributed by atoms with Gasteiger partial charge in [0.2, 0.25) is 10.0 Å². The Labute approximate surface area is 136 Å². The van der Waals surface area contributed by atoms with Crippen molar-refractivity contribution in [2.45, 2.75) is 43.0 Å². The molecule has 7 heteroatoms. The van der Waals surface area contributed by atoms with Crippen LogP contribution in [0.4, 0.5) is 0 Å². The molecule has 0 saturated carbocycles. The van der Waals surface area contributed by atoms with Crippen LogP contribution in [0.1, 0.15) is 25.8 Å². The average molecular weight is 342 g/mol. The van der Waals surface area contributed by atoms with E-state index in [1.165, 1.54) is 0 Å². The Morgan fingerprint density at radius 2 is 2.09 bits per heavy atom. The van der Waals surface area contributed by atoms with Crippen molar-refractivity contribution in [2.75, 3.05) is 18.8 Å². The second-order valence-corrected chi connectivity index (χ2v) is 10.3. The summed E-state index contributed by atoms with van der Waals surface area (Å²) in [5.41, 5.74) is 1.12. The Bertz CT molecular complexity index is 613. The third-order valence-electron chi connectivity index (χ3n) is 4.29. The SMILES string of the molecule is CC(C)S(=O)(=O)N1CC2(C[C@@H](OCc3ccncc3)CS2)C1. The highest BCUT2D eigenvalue weighted by Crippen LogP contribution is 2.47. The lowest BCUT2D eigenvalue weighted by Crippen LogP contribution is -2.61. The predicted octanol–water partition coefficient (Wildman–Crippen LogP) is 1.90. The largest absolute Gasteiger partial charge is 0.373 e. The third kappa shape index (κ3) is 3.18. The molecule has 0 aromatic carbocycles. The average Bonchev–Trinajstić information content (AvgIpc) is 2.89. The number of pyridine rings is 1. The lowest BCUT2D eigenvalue weighted by molar-refractivity contribution is 0.0396. The van der Waals surface area contributed by atoms with Crippen molar-refractivity contribution < 1.29 is 13.2 Å². The second kappa shape index (κ2) is 6.11. The van der Waals surface area contributed by atoms with Gasteiger partial charge < -0.3 is 4.74 Å². The molecule has 22 heavy (non-hydrogen) atoms. The Morgan fingerprint density at radius 3 is 2.73 bits per heavy atom. The van der Waals surface area contributed by atoms with E-state index in [0.29, 0.717) is 19.7 Å². The lowest BCUT2D eigenvalue weighted by Gasteiger charge is -2.47. The molecule has 2 fully saturated rings. The van der Waals surface area contributed by atoms with Gasteiger partial charge in [0.05, 0.1) is 18.0 Å².